The van der Waals surface area contributed by atoms with Crippen molar-refractivity contribution in [1.82, 2.24) is 9.97 Å². The Hall–Kier alpha value is -1.79. The standard InChI is InChI=1S/C12H10N2O3S/c15-11(16)12(6-17-7-12)10-14-9(5-18-10)8-3-1-2-4-13-8/h1-5H,6-7H2,(H,15,16). The highest BCUT2D eigenvalue weighted by Gasteiger charge is 2.50. The lowest BCUT2D eigenvalue weighted by atomic mass is 9.87. The molecule has 92 valence electrons. The first kappa shape index (κ1) is 11.3. The van der Waals surface area contributed by atoms with Crippen molar-refractivity contribution in [1.29, 1.82) is 0 Å². The summed E-state index contributed by atoms with van der Waals surface area (Å²) in [6.07, 6.45) is 1.69. The number of hydrogen-bond donors (Lipinski definition) is 1. The molecule has 0 unspecified atom stereocenters. The van der Waals surface area contributed by atoms with Crippen LogP contribution in [-0.4, -0.2) is 34.3 Å². The molecular formula is C12H10N2O3S. The van der Waals surface area contributed by atoms with Gasteiger partial charge in [0.25, 0.3) is 0 Å². The van der Waals surface area contributed by atoms with E-state index in [0.29, 0.717) is 10.7 Å². The van der Waals surface area contributed by atoms with Gasteiger partial charge in [0.1, 0.15) is 5.01 Å². The van der Waals surface area contributed by atoms with Gasteiger partial charge in [-0.1, -0.05) is 6.07 Å². The summed E-state index contributed by atoms with van der Waals surface area (Å²) in [5.41, 5.74) is 0.501. The van der Waals surface area contributed by atoms with Crippen LogP contribution in [0.1, 0.15) is 5.01 Å². The van der Waals surface area contributed by atoms with Crippen LogP contribution < -0.4 is 0 Å². The highest BCUT2D eigenvalue weighted by molar-refractivity contribution is 7.10. The SMILES string of the molecule is O=C(O)C1(c2nc(-c3ccccn3)cs2)COC1. The van der Waals surface area contributed by atoms with E-state index in [9.17, 15) is 9.90 Å². The molecule has 1 saturated heterocycles. The smallest absolute Gasteiger partial charge is 0.321 e. The molecule has 0 aromatic carbocycles. The van der Waals surface area contributed by atoms with E-state index in [1.165, 1.54) is 11.3 Å². The first-order valence-electron chi connectivity index (χ1n) is 5.41. The number of thiazole rings is 1. The minimum Gasteiger partial charge on any atom is -0.480 e. The van der Waals surface area contributed by atoms with Crippen molar-refractivity contribution in [3.8, 4) is 11.4 Å². The lowest BCUT2D eigenvalue weighted by Gasteiger charge is -2.35. The molecule has 5 nitrogen and oxygen atoms in total. The molecule has 2 aromatic heterocycles. The van der Waals surface area contributed by atoms with Gasteiger partial charge in [-0.3, -0.25) is 9.78 Å². The van der Waals surface area contributed by atoms with Crippen LogP contribution in [0, 0.1) is 0 Å². The van der Waals surface area contributed by atoms with E-state index in [-0.39, 0.29) is 13.2 Å². The average Bonchev–Trinajstić information content (AvgIpc) is 2.78. The second-order valence-corrected chi connectivity index (χ2v) is 4.99. The van der Waals surface area contributed by atoms with Crippen LogP contribution in [0.25, 0.3) is 11.4 Å². The lowest BCUT2D eigenvalue weighted by Crippen LogP contribution is -2.53. The Morgan fingerprint density at radius 3 is 2.78 bits per heavy atom. The second kappa shape index (κ2) is 4.15. The lowest BCUT2D eigenvalue weighted by molar-refractivity contribution is -0.163. The van der Waals surface area contributed by atoms with E-state index in [1.807, 2.05) is 23.6 Å². The molecule has 1 aliphatic heterocycles. The van der Waals surface area contributed by atoms with Gasteiger partial charge in [0.2, 0.25) is 0 Å². The number of ether oxygens (including phenoxy) is 1. The van der Waals surface area contributed by atoms with Crippen LogP contribution in [-0.2, 0) is 14.9 Å². The topological polar surface area (TPSA) is 72.3 Å². The largest absolute Gasteiger partial charge is 0.480 e. The van der Waals surface area contributed by atoms with Gasteiger partial charge >= 0.3 is 5.97 Å². The molecule has 0 saturated carbocycles. The molecule has 18 heavy (non-hydrogen) atoms. The second-order valence-electron chi connectivity index (χ2n) is 4.13. The summed E-state index contributed by atoms with van der Waals surface area (Å²) in [5, 5.41) is 11.7. The first-order valence-corrected chi connectivity index (χ1v) is 6.29. The van der Waals surface area contributed by atoms with Crippen LogP contribution in [0.3, 0.4) is 0 Å². The minimum absolute atomic E-state index is 0.192. The highest BCUT2D eigenvalue weighted by Crippen LogP contribution is 2.36. The number of carboxylic acid groups (broad SMARTS) is 1. The van der Waals surface area contributed by atoms with Crippen molar-refractivity contribution in [3.63, 3.8) is 0 Å². The van der Waals surface area contributed by atoms with Gasteiger partial charge in [0, 0.05) is 11.6 Å². The third-order valence-corrected chi connectivity index (χ3v) is 3.99. The van der Waals surface area contributed by atoms with E-state index in [2.05, 4.69) is 9.97 Å². The number of rotatable bonds is 3. The first-order chi connectivity index (χ1) is 8.72. The van der Waals surface area contributed by atoms with Crippen molar-refractivity contribution >= 4 is 17.3 Å². The zero-order valence-corrected chi connectivity index (χ0v) is 10.2. The Kier molecular flexibility index (Phi) is 2.61. The molecule has 0 spiro atoms. The van der Waals surface area contributed by atoms with Crippen LogP contribution >= 0.6 is 11.3 Å². The number of pyridine rings is 1. The maximum atomic E-state index is 11.3. The van der Waals surface area contributed by atoms with E-state index >= 15 is 0 Å². The number of carboxylic acids is 1. The van der Waals surface area contributed by atoms with Gasteiger partial charge < -0.3 is 9.84 Å². The predicted molar refractivity (Wildman–Crippen MR) is 65.5 cm³/mol. The van der Waals surface area contributed by atoms with Gasteiger partial charge in [-0.05, 0) is 12.1 Å². The number of aromatic nitrogens is 2. The molecule has 3 heterocycles. The van der Waals surface area contributed by atoms with E-state index < -0.39 is 11.4 Å². The fourth-order valence-corrected chi connectivity index (χ4v) is 2.75. The Morgan fingerprint density at radius 1 is 1.39 bits per heavy atom. The zero-order chi connectivity index (χ0) is 12.6. The molecule has 1 N–H and O–H groups in total. The van der Waals surface area contributed by atoms with Gasteiger partial charge in [0.05, 0.1) is 24.6 Å². The molecule has 2 aromatic rings. The highest BCUT2D eigenvalue weighted by atomic mass is 32.1. The predicted octanol–water partition coefficient (Wildman–Crippen LogP) is 1.56. The fourth-order valence-electron chi connectivity index (χ4n) is 1.77. The third kappa shape index (κ3) is 1.61. The van der Waals surface area contributed by atoms with E-state index in [4.69, 9.17) is 4.74 Å². The van der Waals surface area contributed by atoms with Gasteiger partial charge in [-0.25, -0.2) is 4.98 Å². The van der Waals surface area contributed by atoms with Crippen molar-refractivity contribution in [3.05, 3.63) is 34.8 Å². The summed E-state index contributed by atoms with van der Waals surface area (Å²) in [7, 11) is 0. The normalized spacial score (nSPS) is 17.1. The van der Waals surface area contributed by atoms with Crippen LogP contribution in [0.4, 0.5) is 0 Å². The fraction of sp³-hybridized carbons (Fsp3) is 0.250. The van der Waals surface area contributed by atoms with Crippen LogP contribution in [0.2, 0.25) is 0 Å². The molecule has 0 amide bonds. The summed E-state index contributed by atoms with van der Waals surface area (Å²) in [6.45, 7) is 0.384. The van der Waals surface area contributed by atoms with Crippen molar-refractivity contribution in [2.24, 2.45) is 0 Å². The number of carbonyl (C=O) groups is 1. The molecule has 1 aliphatic rings. The molecule has 0 radical (unpaired) electrons. The van der Waals surface area contributed by atoms with Gasteiger partial charge in [-0.2, -0.15) is 0 Å². The maximum Gasteiger partial charge on any atom is 0.321 e. The molecule has 0 atom stereocenters. The summed E-state index contributed by atoms with van der Waals surface area (Å²) < 4.78 is 5.04. The number of nitrogens with zero attached hydrogens (tertiary/aromatic N) is 2. The Labute approximate surface area is 107 Å². The molecule has 6 heteroatoms. The molecule has 1 fully saturated rings. The summed E-state index contributed by atoms with van der Waals surface area (Å²) >= 11 is 1.34. The Bertz CT molecular complexity index is 578. The summed E-state index contributed by atoms with van der Waals surface area (Å²) in [4.78, 5) is 19.9. The average molecular weight is 262 g/mol. The quantitative estimate of drug-likeness (QED) is 0.908. The summed E-state index contributed by atoms with van der Waals surface area (Å²) in [6, 6.07) is 5.56. The third-order valence-electron chi connectivity index (χ3n) is 2.95. The minimum atomic E-state index is -0.961. The van der Waals surface area contributed by atoms with Crippen molar-refractivity contribution in [2.75, 3.05) is 13.2 Å². The van der Waals surface area contributed by atoms with Crippen molar-refractivity contribution < 1.29 is 14.6 Å². The van der Waals surface area contributed by atoms with Crippen LogP contribution in [0.5, 0.6) is 0 Å². The van der Waals surface area contributed by atoms with E-state index in [0.717, 1.165) is 5.69 Å². The number of aliphatic carboxylic acids is 1. The van der Waals surface area contributed by atoms with Crippen molar-refractivity contribution in [2.45, 2.75) is 5.41 Å². The van der Waals surface area contributed by atoms with E-state index in [1.54, 1.807) is 6.20 Å². The van der Waals surface area contributed by atoms with Crippen LogP contribution in [0.15, 0.2) is 29.8 Å². The zero-order valence-electron chi connectivity index (χ0n) is 9.37. The number of hydrogen-bond acceptors (Lipinski definition) is 5. The Balaban J connectivity index is 1.97. The monoisotopic (exact) mass is 262 g/mol. The molecular weight excluding hydrogens is 252 g/mol. The van der Waals surface area contributed by atoms with Gasteiger partial charge in [-0.15, -0.1) is 11.3 Å². The van der Waals surface area contributed by atoms with Gasteiger partial charge in [0.15, 0.2) is 5.41 Å². The Morgan fingerprint density at radius 2 is 2.22 bits per heavy atom. The molecule has 0 bridgehead atoms. The molecule has 3 rings (SSSR count). The summed E-state index contributed by atoms with van der Waals surface area (Å²) in [5.74, 6) is -0.879. The maximum absolute atomic E-state index is 11.3. The molecule has 0 aliphatic carbocycles.